The number of carbonyl (C=O) groups excluding carboxylic acids is 1. The fraction of sp³-hybridized carbons (Fsp3) is 0.394. The zero-order chi connectivity index (χ0) is 31.9. The number of hydrogen-bond acceptors (Lipinski definition) is 8. The van der Waals surface area contributed by atoms with Crippen molar-refractivity contribution >= 4 is 36.2 Å². The number of anilines is 1. The second kappa shape index (κ2) is 14.4. The molecule has 3 saturated heterocycles. The van der Waals surface area contributed by atoms with Crippen LogP contribution in [0, 0.1) is 11.3 Å². The predicted molar refractivity (Wildman–Crippen MR) is 173 cm³/mol. The van der Waals surface area contributed by atoms with Gasteiger partial charge in [-0.2, -0.15) is 10.4 Å². The topological polar surface area (TPSA) is 135 Å². The minimum absolute atomic E-state index is 0.0789. The van der Waals surface area contributed by atoms with Crippen LogP contribution in [0.2, 0.25) is 0 Å². The van der Waals surface area contributed by atoms with Gasteiger partial charge in [-0.3, -0.25) is 14.8 Å². The van der Waals surface area contributed by atoms with E-state index in [0.717, 1.165) is 50.8 Å². The summed E-state index contributed by atoms with van der Waals surface area (Å²) in [6, 6.07) is 17.3. The van der Waals surface area contributed by atoms with Crippen LogP contribution < -0.4 is 9.64 Å². The molecule has 0 bridgehead atoms. The number of aliphatic imine (C=N–C) groups is 3. The van der Waals surface area contributed by atoms with Crippen molar-refractivity contribution in [3.05, 3.63) is 71.5 Å². The van der Waals surface area contributed by atoms with E-state index in [2.05, 4.69) is 59.9 Å². The summed E-state index contributed by atoms with van der Waals surface area (Å²) in [6.07, 6.45) is 1.22. The van der Waals surface area contributed by atoms with Crippen LogP contribution in [-0.2, 0) is 16.0 Å². The Hall–Kier alpha value is -4.93. The number of nitriles is 1. The molecule has 2 aromatic carbocycles. The average Bonchev–Trinajstić information content (AvgIpc) is 3.57. The van der Waals surface area contributed by atoms with Crippen LogP contribution in [0.5, 0.6) is 5.75 Å². The number of aromatic amines is 1. The van der Waals surface area contributed by atoms with Gasteiger partial charge in [-0.25, -0.2) is 19.4 Å². The number of hydrogen-bond donors (Lipinski definition) is 1. The van der Waals surface area contributed by atoms with Gasteiger partial charge in [0.2, 0.25) is 5.91 Å². The molecule has 3 aromatic rings. The molecule has 13 heteroatoms. The Morgan fingerprint density at radius 3 is 2.61 bits per heavy atom. The number of carbonyl (C=O) groups is 1. The molecule has 6 rings (SSSR count). The zero-order valence-electron chi connectivity index (χ0n) is 25.5. The number of halogens is 1. The number of amides is 1. The largest absolute Gasteiger partial charge is 0.486 e. The molecule has 1 amide bonds. The summed E-state index contributed by atoms with van der Waals surface area (Å²) in [5.74, 6) is 0.360. The summed E-state index contributed by atoms with van der Waals surface area (Å²) >= 11 is 0. The maximum absolute atomic E-state index is 15.1. The fourth-order valence-corrected chi connectivity index (χ4v) is 5.81. The van der Waals surface area contributed by atoms with E-state index in [0.29, 0.717) is 30.3 Å². The van der Waals surface area contributed by atoms with Gasteiger partial charge in [-0.05, 0) is 55.2 Å². The van der Waals surface area contributed by atoms with Crippen molar-refractivity contribution in [2.24, 2.45) is 15.0 Å². The number of H-pyrrole nitrogens is 1. The van der Waals surface area contributed by atoms with Crippen molar-refractivity contribution < 1.29 is 18.7 Å². The summed E-state index contributed by atoms with van der Waals surface area (Å²) in [5.41, 5.74) is 3.35. The normalized spacial score (nSPS) is 21.2. The first-order valence-electron chi connectivity index (χ1n) is 15.4. The lowest BCUT2D eigenvalue weighted by atomic mass is 10.0. The van der Waals surface area contributed by atoms with Gasteiger partial charge < -0.3 is 19.3 Å². The molecule has 0 spiro atoms. The number of aromatic nitrogens is 2. The van der Waals surface area contributed by atoms with Crippen LogP contribution in [0.4, 0.5) is 15.8 Å². The predicted octanol–water partition coefficient (Wildman–Crippen LogP) is 3.17. The number of amidine groups is 1. The third kappa shape index (κ3) is 7.30. The molecule has 0 aliphatic carbocycles. The lowest BCUT2D eigenvalue weighted by molar-refractivity contribution is -0.134. The standard InChI is InChI=1S/C33H36FN9O3/c1-36-33(38-22-37-25-3-5-27(6-4-25)41-12-14-42(15-13-41)28-20-45-21-28)23-2-7-30(24(16-23)18-35)46-31-9-11-43(19-29(31)34)32(44)17-26-8-10-39-40-26/h2-8,10,16,22,28-29,31H,1,9,11-15,17,19-21H2,(H,39,40)/t29-,31+/m1/s1. The molecular weight excluding hydrogens is 589 g/mol. The first-order chi connectivity index (χ1) is 22.5. The third-order valence-corrected chi connectivity index (χ3v) is 8.57. The quantitative estimate of drug-likeness (QED) is 0.285. The number of nitrogens with zero attached hydrogens (tertiary/aromatic N) is 8. The maximum Gasteiger partial charge on any atom is 0.228 e. The monoisotopic (exact) mass is 625 g/mol. The first-order valence-corrected chi connectivity index (χ1v) is 15.4. The molecule has 46 heavy (non-hydrogen) atoms. The van der Waals surface area contributed by atoms with E-state index in [-0.39, 0.29) is 36.0 Å². The van der Waals surface area contributed by atoms with Crippen LogP contribution in [0.3, 0.4) is 0 Å². The summed E-state index contributed by atoms with van der Waals surface area (Å²) in [4.78, 5) is 31.7. The lowest BCUT2D eigenvalue weighted by Crippen LogP contribution is -2.56. The second-order valence-corrected chi connectivity index (χ2v) is 11.5. The number of nitrogens with one attached hydrogen (secondary N) is 1. The van der Waals surface area contributed by atoms with Gasteiger partial charge in [0.05, 0.1) is 43.5 Å². The molecular formula is C33H36FN9O3. The Balaban J connectivity index is 1.03. The Bertz CT molecular complexity index is 1610. The van der Waals surface area contributed by atoms with E-state index in [9.17, 15) is 10.1 Å². The van der Waals surface area contributed by atoms with Crippen molar-refractivity contribution in [1.82, 2.24) is 20.0 Å². The molecule has 238 valence electrons. The molecule has 1 aromatic heterocycles. The number of rotatable bonds is 9. The molecule has 1 N–H and O–H groups in total. The zero-order valence-corrected chi connectivity index (χ0v) is 25.5. The highest BCUT2D eigenvalue weighted by molar-refractivity contribution is 6.05. The first kappa shape index (κ1) is 31.1. The molecule has 12 nitrogen and oxygen atoms in total. The SMILES string of the molecule is C=NC(=NC=Nc1ccc(N2CCN(C3COC3)CC2)cc1)c1ccc(O[C@H]2CCN(C(=O)Cc3ccn[nH]3)C[C@H]2F)c(C#N)c1. The number of likely N-dealkylation sites (tertiary alicyclic amines) is 1. The highest BCUT2D eigenvalue weighted by Gasteiger charge is 2.34. The Labute approximate surface area is 266 Å². The van der Waals surface area contributed by atoms with Gasteiger partial charge in [-0.15, -0.1) is 0 Å². The van der Waals surface area contributed by atoms with Gasteiger partial charge in [0.15, 0.2) is 12.0 Å². The van der Waals surface area contributed by atoms with Crippen LogP contribution in [0.25, 0.3) is 0 Å². The van der Waals surface area contributed by atoms with Crippen LogP contribution in [0.15, 0.2) is 69.7 Å². The van der Waals surface area contributed by atoms with Crippen molar-refractivity contribution in [1.29, 1.82) is 5.26 Å². The van der Waals surface area contributed by atoms with Crippen molar-refractivity contribution in [3.8, 4) is 11.8 Å². The second-order valence-electron chi connectivity index (χ2n) is 11.5. The van der Waals surface area contributed by atoms with Crippen LogP contribution in [-0.4, -0.2) is 116 Å². The van der Waals surface area contributed by atoms with E-state index in [1.54, 1.807) is 30.5 Å². The third-order valence-electron chi connectivity index (χ3n) is 8.57. The molecule has 0 radical (unpaired) electrons. The fourth-order valence-electron chi connectivity index (χ4n) is 5.81. The molecule has 0 saturated carbocycles. The van der Waals surface area contributed by atoms with Gasteiger partial charge >= 0.3 is 0 Å². The van der Waals surface area contributed by atoms with Crippen molar-refractivity contribution in [2.75, 3.05) is 57.4 Å². The minimum Gasteiger partial charge on any atom is -0.486 e. The smallest absolute Gasteiger partial charge is 0.228 e. The molecule has 3 aliphatic heterocycles. The van der Waals surface area contributed by atoms with E-state index >= 15 is 4.39 Å². The molecule has 3 fully saturated rings. The lowest BCUT2D eigenvalue weighted by Gasteiger charge is -2.43. The Morgan fingerprint density at radius 2 is 1.96 bits per heavy atom. The number of piperidine rings is 1. The number of benzene rings is 2. The Kier molecular flexibility index (Phi) is 9.76. The van der Waals surface area contributed by atoms with Crippen LogP contribution >= 0.6 is 0 Å². The number of piperazine rings is 1. The number of ether oxygens (including phenoxy) is 2. The van der Waals surface area contributed by atoms with Gasteiger partial charge in [0.1, 0.15) is 24.3 Å². The summed E-state index contributed by atoms with van der Waals surface area (Å²) in [5, 5.41) is 16.4. The molecule has 0 unspecified atom stereocenters. The van der Waals surface area contributed by atoms with Gasteiger partial charge in [-0.1, -0.05) is 0 Å². The average molecular weight is 626 g/mol. The van der Waals surface area contributed by atoms with E-state index in [1.807, 2.05) is 12.1 Å². The van der Waals surface area contributed by atoms with E-state index < -0.39 is 12.3 Å². The molecule has 2 atom stereocenters. The highest BCUT2D eigenvalue weighted by Crippen LogP contribution is 2.27. The van der Waals surface area contributed by atoms with Crippen molar-refractivity contribution in [3.63, 3.8) is 0 Å². The maximum atomic E-state index is 15.1. The summed E-state index contributed by atoms with van der Waals surface area (Å²) < 4.78 is 26.3. The minimum atomic E-state index is -1.40. The Morgan fingerprint density at radius 1 is 1.15 bits per heavy atom. The molecule has 4 heterocycles. The van der Waals surface area contributed by atoms with Crippen LogP contribution in [0.1, 0.15) is 23.2 Å². The van der Waals surface area contributed by atoms with E-state index in [1.165, 1.54) is 11.2 Å². The molecule has 3 aliphatic rings. The van der Waals surface area contributed by atoms with Gasteiger partial charge in [0.25, 0.3) is 0 Å². The summed E-state index contributed by atoms with van der Waals surface area (Å²) in [7, 11) is 0. The number of alkyl halides is 1. The van der Waals surface area contributed by atoms with E-state index in [4.69, 9.17) is 9.47 Å². The summed E-state index contributed by atoms with van der Waals surface area (Å²) in [6.45, 7) is 9.61. The van der Waals surface area contributed by atoms with Gasteiger partial charge in [0, 0.05) is 62.3 Å². The highest BCUT2D eigenvalue weighted by atomic mass is 19.1. The van der Waals surface area contributed by atoms with Crippen molar-refractivity contribution in [2.45, 2.75) is 31.2 Å².